The Kier molecular flexibility index (Phi) is 4.38. The summed E-state index contributed by atoms with van der Waals surface area (Å²) in [5.74, 6) is 0. The zero-order valence-electron chi connectivity index (χ0n) is 12.6. The summed E-state index contributed by atoms with van der Waals surface area (Å²) in [5.41, 5.74) is 0.728. The first kappa shape index (κ1) is 15.3. The molecular weight excluding hydrogens is 300 g/mol. The van der Waals surface area contributed by atoms with E-state index in [2.05, 4.69) is 5.32 Å². The number of carbonyl (C=O) groups excluding carboxylic acids is 1. The van der Waals surface area contributed by atoms with Crippen LogP contribution in [0, 0.1) is 0 Å². The van der Waals surface area contributed by atoms with Gasteiger partial charge in [-0.05, 0) is 25.0 Å². The molecule has 6 heteroatoms. The summed E-state index contributed by atoms with van der Waals surface area (Å²) >= 11 is 0. The Morgan fingerprint density at radius 3 is 2.27 bits per heavy atom. The summed E-state index contributed by atoms with van der Waals surface area (Å²) < 4.78 is 25.1. The van der Waals surface area contributed by atoms with Gasteiger partial charge < -0.3 is 10.2 Å². The van der Waals surface area contributed by atoms with Gasteiger partial charge in [-0.15, -0.1) is 0 Å². The third-order valence-electron chi connectivity index (χ3n) is 4.64. The number of para-hydroxylation sites is 1. The summed E-state index contributed by atoms with van der Waals surface area (Å²) in [5, 5.41) is 2.22. The van der Waals surface area contributed by atoms with E-state index in [0.29, 0.717) is 13.1 Å². The SMILES string of the molecule is O=C(Nc1ccccc1)N1CC(S(=O)(=O)C2CCCCC2)C1. The molecule has 1 aliphatic heterocycles. The average molecular weight is 322 g/mol. The third kappa shape index (κ3) is 3.11. The Labute approximate surface area is 131 Å². The second-order valence-electron chi connectivity index (χ2n) is 6.17. The molecule has 1 saturated carbocycles. The van der Waals surface area contributed by atoms with Crippen LogP contribution in [-0.4, -0.2) is 42.9 Å². The molecule has 22 heavy (non-hydrogen) atoms. The van der Waals surface area contributed by atoms with Crippen molar-refractivity contribution in [1.82, 2.24) is 4.90 Å². The monoisotopic (exact) mass is 322 g/mol. The molecule has 2 aliphatic rings. The van der Waals surface area contributed by atoms with Crippen LogP contribution in [0.4, 0.5) is 10.5 Å². The number of nitrogens with zero attached hydrogens (tertiary/aromatic N) is 1. The van der Waals surface area contributed by atoms with Crippen LogP contribution in [0.5, 0.6) is 0 Å². The molecule has 3 rings (SSSR count). The third-order valence-corrected chi connectivity index (χ3v) is 7.27. The van der Waals surface area contributed by atoms with E-state index in [1.54, 1.807) is 4.90 Å². The smallest absolute Gasteiger partial charge is 0.321 e. The first-order chi connectivity index (χ1) is 10.6. The number of anilines is 1. The number of amides is 2. The predicted octanol–water partition coefficient (Wildman–Crippen LogP) is 2.65. The van der Waals surface area contributed by atoms with E-state index >= 15 is 0 Å². The van der Waals surface area contributed by atoms with Gasteiger partial charge in [-0.1, -0.05) is 37.5 Å². The second-order valence-corrected chi connectivity index (χ2v) is 8.68. The number of urea groups is 1. The lowest BCUT2D eigenvalue weighted by Crippen LogP contribution is -2.59. The van der Waals surface area contributed by atoms with E-state index in [4.69, 9.17) is 0 Å². The molecule has 0 bridgehead atoms. The number of likely N-dealkylation sites (tertiary alicyclic amines) is 1. The lowest BCUT2D eigenvalue weighted by atomic mass is 10.0. The quantitative estimate of drug-likeness (QED) is 0.930. The highest BCUT2D eigenvalue weighted by molar-refractivity contribution is 7.92. The molecule has 0 atom stereocenters. The Bertz CT molecular complexity index is 618. The van der Waals surface area contributed by atoms with E-state index in [9.17, 15) is 13.2 Å². The first-order valence-corrected chi connectivity index (χ1v) is 9.52. The van der Waals surface area contributed by atoms with Gasteiger partial charge in [0, 0.05) is 18.8 Å². The molecule has 2 fully saturated rings. The Balaban J connectivity index is 1.54. The summed E-state index contributed by atoms with van der Waals surface area (Å²) in [6.45, 7) is 0.634. The number of benzene rings is 1. The number of hydrogen-bond donors (Lipinski definition) is 1. The van der Waals surface area contributed by atoms with Crippen LogP contribution in [0.15, 0.2) is 30.3 Å². The van der Waals surface area contributed by atoms with Crippen molar-refractivity contribution in [3.05, 3.63) is 30.3 Å². The van der Waals surface area contributed by atoms with E-state index in [-0.39, 0.29) is 16.5 Å². The van der Waals surface area contributed by atoms with Gasteiger partial charge in [-0.2, -0.15) is 0 Å². The largest absolute Gasteiger partial charge is 0.322 e. The van der Waals surface area contributed by atoms with Crippen LogP contribution in [-0.2, 0) is 9.84 Å². The van der Waals surface area contributed by atoms with Crippen molar-refractivity contribution in [3.8, 4) is 0 Å². The molecule has 0 radical (unpaired) electrons. The van der Waals surface area contributed by atoms with Gasteiger partial charge in [0.2, 0.25) is 0 Å². The number of hydrogen-bond acceptors (Lipinski definition) is 3. The molecular formula is C16H22N2O3S. The van der Waals surface area contributed by atoms with Crippen molar-refractivity contribution < 1.29 is 13.2 Å². The van der Waals surface area contributed by atoms with Gasteiger partial charge in [-0.3, -0.25) is 0 Å². The lowest BCUT2D eigenvalue weighted by molar-refractivity contribution is 0.182. The molecule has 1 N–H and O–H groups in total. The molecule has 0 spiro atoms. The van der Waals surface area contributed by atoms with E-state index in [1.807, 2.05) is 30.3 Å². The standard InChI is InChI=1S/C16H22N2O3S/c19-16(17-13-7-3-1-4-8-13)18-11-15(12-18)22(20,21)14-9-5-2-6-10-14/h1,3-4,7-8,14-15H,2,5-6,9-12H2,(H,17,19). The average Bonchev–Trinajstić information content (AvgIpc) is 2.47. The first-order valence-electron chi connectivity index (χ1n) is 7.91. The highest BCUT2D eigenvalue weighted by atomic mass is 32.2. The van der Waals surface area contributed by atoms with Crippen molar-refractivity contribution in [2.45, 2.75) is 42.6 Å². The maximum Gasteiger partial charge on any atom is 0.321 e. The zero-order chi connectivity index (χ0) is 15.6. The number of sulfone groups is 1. The maximum atomic E-state index is 12.5. The fourth-order valence-corrected chi connectivity index (χ4v) is 5.51. The van der Waals surface area contributed by atoms with Crippen molar-refractivity contribution in [2.75, 3.05) is 18.4 Å². The van der Waals surface area contributed by atoms with Crippen LogP contribution in [0.1, 0.15) is 32.1 Å². The topological polar surface area (TPSA) is 66.5 Å². The minimum atomic E-state index is -3.09. The van der Waals surface area contributed by atoms with Gasteiger partial charge in [-0.25, -0.2) is 13.2 Å². The van der Waals surface area contributed by atoms with Crippen LogP contribution >= 0.6 is 0 Å². The van der Waals surface area contributed by atoms with E-state index in [1.165, 1.54) is 0 Å². The Morgan fingerprint density at radius 2 is 1.64 bits per heavy atom. The van der Waals surface area contributed by atoms with Gasteiger partial charge in [0.15, 0.2) is 9.84 Å². The van der Waals surface area contributed by atoms with Crippen LogP contribution in [0.2, 0.25) is 0 Å². The van der Waals surface area contributed by atoms with Gasteiger partial charge in [0.25, 0.3) is 0 Å². The molecule has 0 aromatic heterocycles. The van der Waals surface area contributed by atoms with Crippen molar-refractivity contribution in [1.29, 1.82) is 0 Å². The van der Waals surface area contributed by atoms with Gasteiger partial charge >= 0.3 is 6.03 Å². The van der Waals surface area contributed by atoms with Crippen LogP contribution in [0.3, 0.4) is 0 Å². The van der Waals surface area contributed by atoms with Gasteiger partial charge in [0.1, 0.15) is 0 Å². The van der Waals surface area contributed by atoms with Crippen molar-refractivity contribution in [3.63, 3.8) is 0 Å². The highest BCUT2D eigenvalue weighted by Crippen LogP contribution is 2.30. The second kappa shape index (κ2) is 6.28. The summed E-state index contributed by atoms with van der Waals surface area (Å²) in [7, 11) is -3.09. The number of nitrogens with one attached hydrogen (secondary N) is 1. The molecule has 1 aromatic rings. The van der Waals surface area contributed by atoms with Crippen molar-refractivity contribution >= 4 is 21.6 Å². The molecule has 0 unspecified atom stereocenters. The van der Waals surface area contributed by atoms with Crippen LogP contribution < -0.4 is 5.32 Å². The number of carbonyl (C=O) groups is 1. The molecule has 1 aromatic carbocycles. The van der Waals surface area contributed by atoms with E-state index < -0.39 is 9.84 Å². The molecule has 120 valence electrons. The zero-order valence-corrected chi connectivity index (χ0v) is 13.4. The Hall–Kier alpha value is -1.56. The molecule has 1 aliphatic carbocycles. The summed E-state index contributed by atoms with van der Waals surface area (Å²) in [6, 6.07) is 8.99. The summed E-state index contributed by atoms with van der Waals surface area (Å²) in [6.07, 6.45) is 4.73. The minimum Gasteiger partial charge on any atom is -0.322 e. The fourth-order valence-electron chi connectivity index (χ4n) is 3.20. The molecule has 5 nitrogen and oxygen atoms in total. The van der Waals surface area contributed by atoms with Crippen molar-refractivity contribution in [2.24, 2.45) is 0 Å². The fraction of sp³-hybridized carbons (Fsp3) is 0.562. The lowest BCUT2D eigenvalue weighted by Gasteiger charge is -2.40. The maximum absolute atomic E-state index is 12.5. The Morgan fingerprint density at radius 1 is 1.00 bits per heavy atom. The minimum absolute atomic E-state index is 0.189. The summed E-state index contributed by atoms with van der Waals surface area (Å²) in [4.78, 5) is 13.6. The molecule has 2 amide bonds. The molecule has 1 heterocycles. The normalized spacial score (nSPS) is 20.5. The van der Waals surface area contributed by atoms with Crippen LogP contribution in [0.25, 0.3) is 0 Å². The molecule has 1 saturated heterocycles. The highest BCUT2D eigenvalue weighted by Gasteiger charge is 2.43. The predicted molar refractivity (Wildman–Crippen MR) is 86.6 cm³/mol. The van der Waals surface area contributed by atoms with Gasteiger partial charge in [0.05, 0.1) is 10.5 Å². The van der Waals surface area contributed by atoms with E-state index in [0.717, 1.165) is 37.8 Å². The number of rotatable bonds is 3.